The minimum Gasteiger partial charge on any atom is -0.368 e. The number of primary amides is 1. The molecular formula is C22H18IN5O2. The van der Waals surface area contributed by atoms with Crippen LogP contribution in [0, 0.1) is 3.57 Å². The number of aromatic nitrogens is 3. The highest BCUT2D eigenvalue weighted by atomic mass is 127. The fraction of sp³-hybridized carbons (Fsp3) is 0.0909. The van der Waals surface area contributed by atoms with Crippen molar-refractivity contribution in [1.29, 1.82) is 0 Å². The molecule has 0 aliphatic rings. The summed E-state index contributed by atoms with van der Waals surface area (Å²) in [6.45, 7) is 0. The number of halogens is 1. The Morgan fingerprint density at radius 3 is 2.50 bits per heavy atom. The van der Waals surface area contributed by atoms with Crippen LogP contribution in [0.1, 0.15) is 15.9 Å². The van der Waals surface area contributed by atoms with E-state index >= 15 is 0 Å². The molecule has 30 heavy (non-hydrogen) atoms. The normalized spacial score (nSPS) is 11.9. The molecule has 0 saturated carbocycles. The van der Waals surface area contributed by atoms with E-state index in [9.17, 15) is 9.59 Å². The number of benzene rings is 2. The highest BCUT2D eigenvalue weighted by Gasteiger charge is 2.20. The molecule has 2 aromatic carbocycles. The third-order valence-electron chi connectivity index (χ3n) is 4.70. The van der Waals surface area contributed by atoms with Crippen LogP contribution in [0.25, 0.3) is 22.4 Å². The average molecular weight is 511 g/mol. The molecule has 8 heteroatoms. The fourth-order valence-electron chi connectivity index (χ4n) is 3.12. The van der Waals surface area contributed by atoms with Crippen molar-refractivity contribution in [2.75, 3.05) is 0 Å². The smallest absolute Gasteiger partial charge is 0.252 e. The molecule has 2 amide bonds. The third kappa shape index (κ3) is 4.48. The maximum atomic E-state index is 12.8. The quantitative estimate of drug-likeness (QED) is 0.346. The van der Waals surface area contributed by atoms with E-state index in [-0.39, 0.29) is 5.91 Å². The summed E-state index contributed by atoms with van der Waals surface area (Å²) in [5.41, 5.74) is 9.23. The molecule has 0 saturated heterocycles. The topological polar surface area (TPSA) is 114 Å². The number of carbonyl (C=O) groups excluding carboxylic acids is 2. The van der Waals surface area contributed by atoms with Crippen LogP contribution in [0.5, 0.6) is 0 Å². The number of carbonyl (C=O) groups is 2. The molecule has 1 unspecified atom stereocenters. The van der Waals surface area contributed by atoms with Crippen molar-refractivity contribution in [3.05, 3.63) is 81.7 Å². The number of hydrogen-bond acceptors (Lipinski definition) is 4. The van der Waals surface area contributed by atoms with Crippen LogP contribution < -0.4 is 11.1 Å². The van der Waals surface area contributed by atoms with Crippen molar-refractivity contribution in [1.82, 2.24) is 20.3 Å². The first-order valence-electron chi connectivity index (χ1n) is 9.24. The summed E-state index contributed by atoms with van der Waals surface area (Å²) in [7, 11) is 0. The van der Waals surface area contributed by atoms with Crippen molar-refractivity contribution in [3.63, 3.8) is 0 Å². The van der Waals surface area contributed by atoms with Gasteiger partial charge in [0.2, 0.25) is 5.91 Å². The van der Waals surface area contributed by atoms with Gasteiger partial charge in [-0.1, -0.05) is 12.1 Å². The molecule has 0 bridgehead atoms. The Bertz CT molecular complexity index is 1210. The van der Waals surface area contributed by atoms with Gasteiger partial charge in [0.25, 0.3) is 5.91 Å². The van der Waals surface area contributed by atoms with Gasteiger partial charge in [0.05, 0.1) is 11.0 Å². The fourth-order valence-corrected chi connectivity index (χ4v) is 3.48. The number of imidazole rings is 1. The molecule has 4 aromatic rings. The zero-order chi connectivity index (χ0) is 21.1. The summed E-state index contributed by atoms with van der Waals surface area (Å²) in [5, 5.41) is 2.74. The maximum absolute atomic E-state index is 12.8. The van der Waals surface area contributed by atoms with Gasteiger partial charge in [0.15, 0.2) is 0 Å². The molecule has 0 aliphatic carbocycles. The first-order chi connectivity index (χ1) is 14.5. The van der Waals surface area contributed by atoms with Crippen molar-refractivity contribution < 1.29 is 9.59 Å². The number of fused-ring (bicyclic) bond motifs is 1. The lowest BCUT2D eigenvalue weighted by Gasteiger charge is -2.16. The van der Waals surface area contributed by atoms with E-state index in [1.54, 1.807) is 30.6 Å². The lowest BCUT2D eigenvalue weighted by atomic mass is 10.0. The summed E-state index contributed by atoms with van der Waals surface area (Å²) in [5.74, 6) is -0.255. The van der Waals surface area contributed by atoms with Gasteiger partial charge in [-0.2, -0.15) is 0 Å². The molecule has 4 N–H and O–H groups in total. The van der Waals surface area contributed by atoms with Crippen LogP contribution in [0.15, 0.2) is 67.0 Å². The van der Waals surface area contributed by atoms with Crippen LogP contribution in [0.3, 0.4) is 0 Å². The average Bonchev–Trinajstić information content (AvgIpc) is 3.18. The van der Waals surface area contributed by atoms with Crippen LogP contribution in [0.2, 0.25) is 0 Å². The highest BCUT2D eigenvalue weighted by molar-refractivity contribution is 14.1. The first kappa shape index (κ1) is 20.0. The summed E-state index contributed by atoms with van der Waals surface area (Å²) in [6, 6.07) is 15.8. The van der Waals surface area contributed by atoms with E-state index < -0.39 is 11.9 Å². The highest BCUT2D eigenvalue weighted by Crippen LogP contribution is 2.21. The Morgan fingerprint density at radius 1 is 1.07 bits per heavy atom. The predicted octanol–water partition coefficient (Wildman–Crippen LogP) is 3.06. The third-order valence-corrected chi connectivity index (χ3v) is 5.42. The number of nitrogens with zero attached hydrogens (tertiary/aromatic N) is 2. The van der Waals surface area contributed by atoms with Gasteiger partial charge in [-0.15, -0.1) is 0 Å². The van der Waals surface area contributed by atoms with Gasteiger partial charge < -0.3 is 16.0 Å². The predicted molar refractivity (Wildman–Crippen MR) is 123 cm³/mol. The number of pyridine rings is 1. The lowest BCUT2D eigenvalue weighted by molar-refractivity contribution is -0.119. The molecular weight excluding hydrogens is 493 g/mol. The van der Waals surface area contributed by atoms with Gasteiger partial charge in [-0.25, -0.2) is 4.98 Å². The van der Waals surface area contributed by atoms with Gasteiger partial charge in [-0.3, -0.25) is 14.6 Å². The summed E-state index contributed by atoms with van der Waals surface area (Å²) < 4.78 is 1.09. The Kier molecular flexibility index (Phi) is 5.75. The summed E-state index contributed by atoms with van der Waals surface area (Å²) >= 11 is 2.21. The molecule has 4 rings (SSSR count). The number of nitrogens with two attached hydrogens (primary N) is 1. The van der Waals surface area contributed by atoms with Crippen LogP contribution >= 0.6 is 22.6 Å². The molecule has 0 fully saturated rings. The second-order valence-electron chi connectivity index (χ2n) is 6.81. The number of rotatable bonds is 6. The van der Waals surface area contributed by atoms with Crippen molar-refractivity contribution in [3.8, 4) is 11.4 Å². The summed E-state index contributed by atoms with van der Waals surface area (Å²) in [6.07, 6.45) is 3.72. The van der Waals surface area contributed by atoms with Crippen molar-refractivity contribution >= 4 is 45.4 Å². The molecule has 150 valence electrons. The molecule has 0 radical (unpaired) electrons. The minimum absolute atomic E-state index is 0.330. The van der Waals surface area contributed by atoms with Crippen LogP contribution in [-0.4, -0.2) is 32.8 Å². The number of amides is 2. The number of H-pyrrole nitrogens is 1. The summed E-state index contributed by atoms with van der Waals surface area (Å²) in [4.78, 5) is 36.4. The molecule has 7 nitrogen and oxygen atoms in total. The maximum Gasteiger partial charge on any atom is 0.252 e. The van der Waals surface area contributed by atoms with Crippen molar-refractivity contribution in [2.24, 2.45) is 5.73 Å². The Balaban J connectivity index is 1.54. The second kappa shape index (κ2) is 8.62. The SMILES string of the molecule is NC(=O)C(Cc1ccc(I)cc1)NC(=O)c1ccc2nc(-c3ccncc3)[nH]c2c1. The van der Waals surface area contributed by atoms with E-state index in [4.69, 9.17) is 5.73 Å². The van der Waals surface area contributed by atoms with Crippen LogP contribution in [0.4, 0.5) is 0 Å². The Labute approximate surface area is 186 Å². The van der Waals surface area contributed by atoms with Gasteiger partial charge in [-0.05, 0) is 70.6 Å². The molecule has 1 atom stereocenters. The molecule has 0 spiro atoms. The number of nitrogens with one attached hydrogen (secondary N) is 2. The van der Waals surface area contributed by atoms with Crippen molar-refractivity contribution in [2.45, 2.75) is 12.5 Å². The second-order valence-corrected chi connectivity index (χ2v) is 8.06. The molecule has 0 aliphatic heterocycles. The monoisotopic (exact) mass is 511 g/mol. The van der Waals surface area contributed by atoms with Gasteiger partial charge in [0.1, 0.15) is 11.9 Å². The van der Waals surface area contributed by atoms with E-state index in [2.05, 4.69) is 42.9 Å². The van der Waals surface area contributed by atoms with Crippen LogP contribution in [-0.2, 0) is 11.2 Å². The zero-order valence-corrected chi connectivity index (χ0v) is 18.0. The largest absolute Gasteiger partial charge is 0.368 e. The van der Waals surface area contributed by atoms with E-state index in [1.165, 1.54) is 0 Å². The zero-order valence-electron chi connectivity index (χ0n) is 15.8. The van der Waals surface area contributed by atoms with Gasteiger partial charge >= 0.3 is 0 Å². The Hall–Kier alpha value is -3.27. The van der Waals surface area contributed by atoms with E-state index in [0.29, 0.717) is 17.8 Å². The molecule has 2 heterocycles. The van der Waals surface area contributed by atoms with E-state index in [1.807, 2.05) is 36.4 Å². The van der Waals surface area contributed by atoms with Gasteiger partial charge in [0, 0.05) is 33.5 Å². The minimum atomic E-state index is -0.803. The number of aromatic amines is 1. The lowest BCUT2D eigenvalue weighted by Crippen LogP contribution is -2.45. The number of hydrogen-bond donors (Lipinski definition) is 3. The standard InChI is InChI=1S/C22H18IN5O2/c23-16-4-1-13(2-5-16)11-19(20(24)29)28-22(30)15-3-6-17-18(12-15)27-21(26-17)14-7-9-25-10-8-14/h1-10,12,19H,11H2,(H2,24,29)(H,26,27)(H,28,30). The molecule has 2 aromatic heterocycles. The van der Waals surface area contributed by atoms with E-state index in [0.717, 1.165) is 25.7 Å². The first-order valence-corrected chi connectivity index (χ1v) is 10.3. The Morgan fingerprint density at radius 2 is 1.80 bits per heavy atom.